The second kappa shape index (κ2) is 3.66. The fourth-order valence-electron chi connectivity index (χ4n) is 0.885. The molecule has 0 spiro atoms. The number of imidazole rings is 1. The first-order valence-corrected chi connectivity index (χ1v) is 3.49. The van der Waals surface area contributed by atoms with Crippen LogP contribution in [0.2, 0.25) is 0 Å². The lowest BCUT2D eigenvalue weighted by Crippen LogP contribution is -2.01. The first-order chi connectivity index (χ1) is 6.24. The van der Waals surface area contributed by atoms with Crippen LogP contribution < -0.4 is 0 Å². The predicted molar refractivity (Wildman–Crippen MR) is 49.2 cm³/mol. The van der Waals surface area contributed by atoms with Gasteiger partial charge in [0.1, 0.15) is 6.33 Å². The molecule has 68 valence electrons. The summed E-state index contributed by atoms with van der Waals surface area (Å²) in [5.41, 5.74) is 0.136. The molecule has 0 bridgehead atoms. The molecule has 1 rings (SSSR count). The van der Waals surface area contributed by atoms with E-state index in [1.807, 2.05) is 0 Å². The van der Waals surface area contributed by atoms with Crippen molar-refractivity contribution in [3.63, 3.8) is 0 Å². The third-order valence-corrected chi connectivity index (χ3v) is 1.49. The second-order valence-corrected chi connectivity index (χ2v) is 2.16. The van der Waals surface area contributed by atoms with E-state index in [9.17, 15) is 4.79 Å². The molecule has 0 fully saturated rings. The Morgan fingerprint density at radius 1 is 1.85 bits per heavy atom. The van der Waals surface area contributed by atoms with Gasteiger partial charge in [0, 0.05) is 6.20 Å². The summed E-state index contributed by atoms with van der Waals surface area (Å²) in [6.45, 7) is 6.84. The van der Waals surface area contributed by atoms with Crippen LogP contribution in [0, 0.1) is 0 Å². The van der Waals surface area contributed by atoms with E-state index in [1.54, 1.807) is 0 Å². The number of nitrogens with zero attached hydrogens (tertiary/aromatic N) is 3. The molecule has 0 unspecified atom stereocenters. The maximum Gasteiger partial charge on any atom is 0.360 e. The van der Waals surface area contributed by atoms with Gasteiger partial charge in [-0.3, -0.25) is 4.57 Å². The number of aliphatic imine (C=N–C) groups is 1. The summed E-state index contributed by atoms with van der Waals surface area (Å²) in [5, 5.41) is 0. The van der Waals surface area contributed by atoms with Gasteiger partial charge in [-0.2, -0.15) is 0 Å². The Morgan fingerprint density at radius 3 is 3.00 bits per heavy atom. The Kier molecular flexibility index (Phi) is 2.59. The van der Waals surface area contributed by atoms with Crippen molar-refractivity contribution in [1.29, 1.82) is 0 Å². The summed E-state index contributed by atoms with van der Waals surface area (Å²) in [6.07, 6.45) is 2.90. The Balaban J connectivity index is 3.22. The summed E-state index contributed by atoms with van der Waals surface area (Å²) in [7, 11) is 1.28. The Hall–Kier alpha value is -1.91. The zero-order valence-electron chi connectivity index (χ0n) is 7.23. The lowest BCUT2D eigenvalue weighted by molar-refractivity contribution is 0.0595. The van der Waals surface area contributed by atoms with Crippen LogP contribution in [-0.2, 0) is 4.74 Å². The molecule has 0 N–H and O–H groups in total. The molecule has 1 aromatic heterocycles. The van der Waals surface area contributed by atoms with Gasteiger partial charge in [0.05, 0.1) is 7.11 Å². The van der Waals surface area contributed by atoms with Crippen molar-refractivity contribution < 1.29 is 9.53 Å². The first kappa shape index (κ1) is 9.18. The molecule has 5 nitrogen and oxygen atoms in total. The molecule has 0 aliphatic heterocycles. The van der Waals surface area contributed by atoms with Crippen molar-refractivity contribution in [2.45, 2.75) is 0 Å². The zero-order chi connectivity index (χ0) is 9.84. The van der Waals surface area contributed by atoms with E-state index < -0.39 is 5.97 Å². The molecule has 0 aliphatic carbocycles. The average molecular weight is 179 g/mol. The fourth-order valence-corrected chi connectivity index (χ4v) is 0.885. The van der Waals surface area contributed by atoms with Crippen LogP contribution in [0.5, 0.6) is 0 Å². The summed E-state index contributed by atoms with van der Waals surface area (Å²) >= 11 is 0. The van der Waals surface area contributed by atoms with E-state index in [2.05, 4.69) is 28.0 Å². The van der Waals surface area contributed by atoms with Crippen LogP contribution in [-0.4, -0.2) is 29.3 Å². The highest BCUT2D eigenvalue weighted by atomic mass is 16.5. The fraction of sp³-hybridized carbons (Fsp3) is 0.125. The van der Waals surface area contributed by atoms with E-state index in [0.29, 0.717) is 5.82 Å². The van der Waals surface area contributed by atoms with Crippen LogP contribution in [0.25, 0.3) is 6.20 Å². The summed E-state index contributed by atoms with van der Waals surface area (Å²) in [6, 6.07) is 0. The topological polar surface area (TPSA) is 56.5 Å². The van der Waals surface area contributed by atoms with Gasteiger partial charge in [0.25, 0.3) is 0 Å². The Morgan fingerprint density at radius 2 is 2.54 bits per heavy atom. The minimum Gasteiger partial charge on any atom is -0.464 e. The molecule has 13 heavy (non-hydrogen) atoms. The number of methoxy groups -OCH3 is 1. The quantitative estimate of drug-likeness (QED) is 0.515. The van der Waals surface area contributed by atoms with Crippen LogP contribution in [0.4, 0.5) is 5.82 Å². The minimum absolute atomic E-state index is 0.136. The minimum atomic E-state index is -0.539. The highest BCUT2D eigenvalue weighted by Gasteiger charge is 2.16. The molecule has 0 atom stereocenters. The van der Waals surface area contributed by atoms with Gasteiger partial charge in [-0.1, -0.05) is 6.58 Å². The maximum absolute atomic E-state index is 11.1. The van der Waals surface area contributed by atoms with Gasteiger partial charge in [-0.25, -0.2) is 14.8 Å². The lowest BCUT2D eigenvalue weighted by atomic mass is 10.4. The second-order valence-electron chi connectivity index (χ2n) is 2.16. The van der Waals surface area contributed by atoms with Crippen LogP contribution >= 0.6 is 0 Å². The van der Waals surface area contributed by atoms with Crippen molar-refractivity contribution in [2.24, 2.45) is 4.99 Å². The van der Waals surface area contributed by atoms with E-state index in [1.165, 1.54) is 24.2 Å². The number of esters is 1. The highest BCUT2D eigenvalue weighted by molar-refractivity contribution is 5.92. The van der Waals surface area contributed by atoms with Gasteiger partial charge in [-0.05, 0) is 6.72 Å². The van der Waals surface area contributed by atoms with Crippen molar-refractivity contribution in [2.75, 3.05) is 7.11 Å². The molecular formula is C8H9N3O2. The van der Waals surface area contributed by atoms with E-state index in [-0.39, 0.29) is 5.69 Å². The first-order valence-electron chi connectivity index (χ1n) is 3.49. The number of carbonyl (C=O) groups excluding carboxylic acids is 1. The van der Waals surface area contributed by atoms with E-state index in [0.717, 1.165) is 0 Å². The molecule has 0 aliphatic rings. The molecule has 0 radical (unpaired) electrons. The maximum atomic E-state index is 11.1. The Bertz CT molecular complexity index is 354. The standard InChI is InChI=1S/C8H9N3O2/c1-4-11-5-10-6(7(11)9-2)8(12)13-3/h4-5H,1-2H2,3H3. The number of hydrogen-bond acceptors (Lipinski definition) is 4. The summed E-state index contributed by atoms with van der Waals surface area (Å²) in [5.74, 6) is -0.204. The average Bonchev–Trinajstić information content (AvgIpc) is 2.58. The van der Waals surface area contributed by atoms with E-state index >= 15 is 0 Å². The predicted octanol–water partition coefficient (Wildman–Crippen LogP) is 1.10. The monoisotopic (exact) mass is 179 g/mol. The van der Waals surface area contributed by atoms with Crippen molar-refractivity contribution >= 4 is 24.7 Å². The van der Waals surface area contributed by atoms with Gasteiger partial charge >= 0.3 is 5.97 Å². The molecule has 0 aromatic carbocycles. The van der Waals surface area contributed by atoms with Crippen LogP contribution in [0.3, 0.4) is 0 Å². The van der Waals surface area contributed by atoms with Gasteiger partial charge in [0.2, 0.25) is 0 Å². The SMILES string of the molecule is C=Cn1cnc(C(=O)OC)c1N=C. The molecule has 0 saturated carbocycles. The highest BCUT2D eigenvalue weighted by Crippen LogP contribution is 2.18. The van der Waals surface area contributed by atoms with Crippen LogP contribution in [0.15, 0.2) is 17.9 Å². The third kappa shape index (κ3) is 1.48. The number of rotatable bonds is 3. The molecule has 0 saturated heterocycles. The number of hydrogen-bond donors (Lipinski definition) is 0. The molecule has 5 heteroatoms. The van der Waals surface area contributed by atoms with Crippen molar-refractivity contribution in [3.8, 4) is 0 Å². The molecule has 1 heterocycles. The third-order valence-electron chi connectivity index (χ3n) is 1.49. The summed E-state index contributed by atoms with van der Waals surface area (Å²) in [4.78, 5) is 18.6. The number of ether oxygens (including phenoxy) is 1. The van der Waals surface area contributed by atoms with E-state index in [4.69, 9.17) is 0 Å². The summed E-state index contributed by atoms with van der Waals surface area (Å²) < 4.78 is 5.99. The van der Waals surface area contributed by atoms with Gasteiger partial charge in [0.15, 0.2) is 11.5 Å². The largest absolute Gasteiger partial charge is 0.464 e. The van der Waals surface area contributed by atoms with Crippen LogP contribution in [0.1, 0.15) is 10.5 Å². The Labute approximate surface area is 75.4 Å². The number of carbonyl (C=O) groups is 1. The van der Waals surface area contributed by atoms with Gasteiger partial charge < -0.3 is 4.74 Å². The smallest absolute Gasteiger partial charge is 0.360 e. The van der Waals surface area contributed by atoms with Crippen molar-refractivity contribution in [3.05, 3.63) is 18.6 Å². The molecule has 0 amide bonds. The number of aromatic nitrogens is 2. The normalized spacial score (nSPS) is 9.31. The lowest BCUT2D eigenvalue weighted by Gasteiger charge is -1.97. The molecule has 1 aromatic rings. The zero-order valence-corrected chi connectivity index (χ0v) is 7.23. The van der Waals surface area contributed by atoms with Crippen molar-refractivity contribution in [1.82, 2.24) is 9.55 Å². The molecular weight excluding hydrogens is 170 g/mol. The van der Waals surface area contributed by atoms with Gasteiger partial charge in [-0.15, -0.1) is 0 Å².